The van der Waals surface area contributed by atoms with Crippen LogP contribution in [0.2, 0.25) is 0 Å². The maximum Gasteiger partial charge on any atom is 0.159 e. The van der Waals surface area contributed by atoms with E-state index in [2.05, 4.69) is 17.3 Å². The van der Waals surface area contributed by atoms with Crippen molar-refractivity contribution in [1.29, 1.82) is 0 Å². The number of aryl methyl sites for hydroxylation is 1. The third kappa shape index (κ3) is 3.22. The van der Waals surface area contributed by atoms with Crippen LogP contribution in [0.3, 0.4) is 0 Å². The van der Waals surface area contributed by atoms with Crippen molar-refractivity contribution in [2.24, 2.45) is 0 Å². The molecule has 0 bridgehead atoms. The summed E-state index contributed by atoms with van der Waals surface area (Å²) in [6.45, 7) is 5.63. The van der Waals surface area contributed by atoms with Gasteiger partial charge in [-0.3, -0.25) is 4.68 Å². The van der Waals surface area contributed by atoms with Crippen LogP contribution in [0.1, 0.15) is 37.4 Å². The number of rotatable bonds is 6. The zero-order chi connectivity index (χ0) is 14.5. The summed E-state index contributed by atoms with van der Waals surface area (Å²) in [5.41, 5.74) is 1.65. The molecule has 0 saturated carbocycles. The maximum atomic E-state index is 13.4. The van der Waals surface area contributed by atoms with Gasteiger partial charge in [-0.05, 0) is 37.6 Å². The predicted octanol–water partition coefficient (Wildman–Crippen LogP) is 3.27. The predicted molar refractivity (Wildman–Crippen MR) is 74.4 cm³/mol. The van der Waals surface area contributed by atoms with E-state index >= 15 is 0 Å². The Bertz CT molecular complexity index is 566. The normalized spacial score (nSPS) is 12.6. The van der Waals surface area contributed by atoms with Gasteiger partial charge in [-0.1, -0.05) is 13.0 Å². The number of halogens is 2. The van der Waals surface area contributed by atoms with Crippen LogP contribution in [0.25, 0.3) is 0 Å². The van der Waals surface area contributed by atoms with Gasteiger partial charge >= 0.3 is 0 Å². The summed E-state index contributed by atoms with van der Waals surface area (Å²) in [4.78, 5) is 0. The molecule has 0 fully saturated rings. The lowest BCUT2D eigenvalue weighted by Gasteiger charge is -2.17. The lowest BCUT2D eigenvalue weighted by atomic mass is 10.0. The largest absolute Gasteiger partial charge is 0.306 e. The minimum Gasteiger partial charge on any atom is -0.306 e. The number of nitrogens with one attached hydrogen (secondary N) is 1. The van der Waals surface area contributed by atoms with Crippen LogP contribution in [0.15, 0.2) is 30.6 Å². The molecule has 0 radical (unpaired) electrons. The lowest BCUT2D eigenvalue weighted by Crippen LogP contribution is -2.23. The van der Waals surface area contributed by atoms with E-state index in [1.165, 1.54) is 6.07 Å². The molecular formula is C15H19F2N3. The summed E-state index contributed by atoms with van der Waals surface area (Å²) >= 11 is 0. The van der Waals surface area contributed by atoms with Gasteiger partial charge in [0.1, 0.15) is 0 Å². The van der Waals surface area contributed by atoms with E-state index in [0.717, 1.165) is 31.1 Å². The van der Waals surface area contributed by atoms with Crippen LogP contribution in [0, 0.1) is 11.6 Å². The van der Waals surface area contributed by atoms with Crippen LogP contribution in [-0.4, -0.2) is 16.3 Å². The molecule has 5 heteroatoms. The van der Waals surface area contributed by atoms with Crippen molar-refractivity contribution in [3.8, 4) is 0 Å². The molecule has 1 N–H and O–H groups in total. The summed E-state index contributed by atoms with van der Waals surface area (Å²) in [7, 11) is 0. The topological polar surface area (TPSA) is 29.9 Å². The molecule has 108 valence electrons. The Morgan fingerprint density at radius 2 is 2.00 bits per heavy atom. The second-order valence-corrected chi connectivity index (χ2v) is 4.69. The molecule has 1 unspecified atom stereocenters. The van der Waals surface area contributed by atoms with Crippen LogP contribution in [0.5, 0.6) is 0 Å². The highest BCUT2D eigenvalue weighted by atomic mass is 19.2. The molecule has 0 aliphatic rings. The van der Waals surface area contributed by atoms with Gasteiger partial charge in [0, 0.05) is 18.3 Å². The van der Waals surface area contributed by atoms with E-state index in [4.69, 9.17) is 0 Å². The molecule has 2 rings (SSSR count). The van der Waals surface area contributed by atoms with Gasteiger partial charge in [0.2, 0.25) is 0 Å². The van der Waals surface area contributed by atoms with Gasteiger partial charge in [-0.2, -0.15) is 5.10 Å². The summed E-state index contributed by atoms with van der Waals surface area (Å²) in [5, 5.41) is 7.58. The van der Waals surface area contributed by atoms with Crippen molar-refractivity contribution in [2.45, 2.75) is 32.9 Å². The maximum absolute atomic E-state index is 13.4. The molecule has 0 saturated heterocycles. The Labute approximate surface area is 117 Å². The van der Waals surface area contributed by atoms with Gasteiger partial charge in [-0.25, -0.2) is 8.78 Å². The van der Waals surface area contributed by atoms with Crippen molar-refractivity contribution in [3.63, 3.8) is 0 Å². The zero-order valence-corrected chi connectivity index (χ0v) is 11.7. The number of aromatic nitrogens is 2. The van der Waals surface area contributed by atoms with Gasteiger partial charge in [0.15, 0.2) is 11.6 Å². The number of benzene rings is 1. The number of nitrogens with zero attached hydrogens (tertiary/aromatic N) is 2. The zero-order valence-electron chi connectivity index (χ0n) is 11.7. The van der Waals surface area contributed by atoms with Crippen molar-refractivity contribution in [2.75, 3.05) is 6.54 Å². The van der Waals surface area contributed by atoms with Gasteiger partial charge in [-0.15, -0.1) is 0 Å². The van der Waals surface area contributed by atoms with Crippen LogP contribution in [-0.2, 0) is 6.54 Å². The Morgan fingerprint density at radius 1 is 1.20 bits per heavy atom. The molecule has 0 amide bonds. The Kier molecular flexibility index (Phi) is 4.84. The monoisotopic (exact) mass is 279 g/mol. The molecule has 3 nitrogen and oxygen atoms in total. The van der Waals surface area contributed by atoms with E-state index in [0.29, 0.717) is 5.56 Å². The third-order valence-corrected chi connectivity index (χ3v) is 3.19. The molecule has 1 atom stereocenters. The van der Waals surface area contributed by atoms with E-state index < -0.39 is 11.6 Å². The van der Waals surface area contributed by atoms with Crippen molar-refractivity contribution >= 4 is 0 Å². The summed E-state index contributed by atoms with van der Waals surface area (Å²) in [6.07, 6.45) is 4.65. The van der Waals surface area contributed by atoms with Gasteiger partial charge in [0.25, 0.3) is 0 Å². The summed E-state index contributed by atoms with van der Waals surface area (Å²) in [6, 6.07) is 3.83. The fraction of sp³-hybridized carbons (Fsp3) is 0.400. The highest BCUT2D eigenvalue weighted by Crippen LogP contribution is 2.23. The van der Waals surface area contributed by atoms with Gasteiger partial charge in [0.05, 0.1) is 12.2 Å². The van der Waals surface area contributed by atoms with E-state index in [9.17, 15) is 8.78 Å². The third-order valence-electron chi connectivity index (χ3n) is 3.19. The first-order valence-corrected chi connectivity index (χ1v) is 6.86. The summed E-state index contributed by atoms with van der Waals surface area (Å²) in [5.74, 6) is -1.65. The first kappa shape index (κ1) is 14.7. The molecule has 20 heavy (non-hydrogen) atoms. The fourth-order valence-electron chi connectivity index (χ4n) is 2.11. The minimum atomic E-state index is -0.827. The molecule has 1 heterocycles. The molecule has 2 aromatic rings. The van der Waals surface area contributed by atoms with E-state index in [-0.39, 0.29) is 6.04 Å². The summed E-state index contributed by atoms with van der Waals surface area (Å²) < 4.78 is 28.3. The number of hydrogen-bond acceptors (Lipinski definition) is 2. The van der Waals surface area contributed by atoms with Crippen molar-refractivity contribution in [1.82, 2.24) is 15.1 Å². The molecule has 0 aliphatic heterocycles. The Hall–Kier alpha value is -1.75. The smallest absolute Gasteiger partial charge is 0.159 e. The molecule has 1 aromatic heterocycles. The Morgan fingerprint density at radius 3 is 2.60 bits per heavy atom. The fourth-order valence-corrected chi connectivity index (χ4v) is 2.11. The minimum absolute atomic E-state index is 0.176. The van der Waals surface area contributed by atoms with Gasteiger partial charge < -0.3 is 5.32 Å². The highest BCUT2D eigenvalue weighted by Gasteiger charge is 2.17. The van der Waals surface area contributed by atoms with Crippen LogP contribution < -0.4 is 5.32 Å². The highest BCUT2D eigenvalue weighted by molar-refractivity contribution is 5.30. The standard InChI is InChI=1S/C15H19F2N3/c1-3-7-18-15(12-9-19-20(4-2)10-12)11-5-6-13(16)14(17)8-11/h5-6,8-10,15,18H,3-4,7H2,1-2H3. The van der Waals surface area contributed by atoms with E-state index in [1.807, 2.05) is 17.8 Å². The molecular weight excluding hydrogens is 260 g/mol. The van der Waals surface area contributed by atoms with Crippen LogP contribution >= 0.6 is 0 Å². The first-order valence-electron chi connectivity index (χ1n) is 6.86. The van der Waals surface area contributed by atoms with Crippen LogP contribution in [0.4, 0.5) is 8.78 Å². The Balaban J connectivity index is 2.32. The molecule has 0 aliphatic carbocycles. The SMILES string of the molecule is CCCNC(c1ccc(F)c(F)c1)c1cnn(CC)c1. The first-order chi connectivity index (χ1) is 9.65. The van der Waals surface area contributed by atoms with Crippen molar-refractivity contribution < 1.29 is 8.78 Å². The average Bonchev–Trinajstić information content (AvgIpc) is 2.92. The molecule has 0 spiro atoms. The van der Waals surface area contributed by atoms with Crippen molar-refractivity contribution in [3.05, 3.63) is 53.4 Å². The second kappa shape index (κ2) is 6.61. The number of hydrogen-bond donors (Lipinski definition) is 1. The lowest BCUT2D eigenvalue weighted by molar-refractivity contribution is 0.503. The second-order valence-electron chi connectivity index (χ2n) is 4.69. The van der Waals surface area contributed by atoms with E-state index in [1.54, 1.807) is 12.3 Å². The average molecular weight is 279 g/mol. The molecule has 1 aromatic carbocycles. The quantitative estimate of drug-likeness (QED) is 0.879.